The number of terminal acetylenes is 1. The monoisotopic (exact) mass is 191 g/mol. The van der Waals surface area contributed by atoms with Crippen LogP contribution in [0, 0.1) is 12.3 Å². The molecule has 0 saturated heterocycles. The van der Waals surface area contributed by atoms with E-state index in [1.807, 2.05) is 17.9 Å². The van der Waals surface area contributed by atoms with Crippen molar-refractivity contribution in [3.05, 3.63) is 11.9 Å². The fourth-order valence-corrected chi connectivity index (χ4v) is 1.37. The van der Waals surface area contributed by atoms with Gasteiger partial charge in [-0.05, 0) is 12.8 Å². The van der Waals surface area contributed by atoms with Crippen molar-refractivity contribution in [1.82, 2.24) is 9.78 Å². The van der Waals surface area contributed by atoms with E-state index in [0.29, 0.717) is 0 Å². The zero-order valence-corrected chi connectivity index (χ0v) is 9.04. The lowest BCUT2D eigenvalue weighted by Crippen LogP contribution is -2.16. The topological polar surface area (TPSA) is 29.9 Å². The van der Waals surface area contributed by atoms with Crippen LogP contribution in [0.4, 0.5) is 5.69 Å². The summed E-state index contributed by atoms with van der Waals surface area (Å²) in [5.41, 5.74) is 2.13. The second-order valence-corrected chi connectivity index (χ2v) is 3.29. The molecule has 0 amide bonds. The van der Waals surface area contributed by atoms with Crippen LogP contribution in [-0.2, 0) is 13.5 Å². The Hall–Kier alpha value is -1.43. The molecule has 0 bridgehead atoms. The predicted octanol–water partition coefficient (Wildman–Crippen LogP) is 1.81. The quantitative estimate of drug-likeness (QED) is 0.735. The van der Waals surface area contributed by atoms with E-state index >= 15 is 0 Å². The molecule has 1 heterocycles. The lowest BCUT2D eigenvalue weighted by Gasteiger charge is -2.10. The number of anilines is 1. The van der Waals surface area contributed by atoms with Crippen LogP contribution in [0.2, 0.25) is 0 Å². The van der Waals surface area contributed by atoms with Crippen molar-refractivity contribution in [3.8, 4) is 12.3 Å². The predicted molar refractivity (Wildman–Crippen MR) is 59.1 cm³/mol. The van der Waals surface area contributed by atoms with Crippen molar-refractivity contribution in [2.45, 2.75) is 32.7 Å². The third-order valence-corrected chi connectivity index (χ3v) is 2.18. The molecule has 1 rings (SSSR count). The smallest absolute Gasteiger partial charge is 0.0872 e. The number of aryl methyl sites for hydroxylation is 2. The number of rotatable bonds is 4. The van der Waals surface area contributed by atoms with Crippen LogP contribution in [0.5, 0.6) is 0 Å². The van der Waals surface area contributed by atoms with Gasteiger partial charge in [-0.3, -0.25) is 4.68 Å². The molecule has 0 aliphatic heterocycles. The molecule has 1 atom stereocenters. The third kappa shape index (κ3) is 2.29. The Kier molecular flexibility index (Phi) is 3.58. The highest BCUT2D eigenvalue weighted by atomic mass is 15.3. The first-order chi connectivity index (χ1) is 6.71. The molecule has 0 spiro atoms. The summed E-state index contributed by atoms with van der Waals surface area (Å²) in [4.78, 5) is 0. The Morgan fingerprint density at radius 2 is 2.36 bits per heavy atom. The average Bonchev–Trinajstić information content (AvgIpc) is 2.55. The first-order valence-electron chi connectivity index (χ1n) is 4.96. The van der Waals surface area contributed by atoms with Gasteiger partial charge >= 0.3 is 0 Å². The standard InChI is InChI=1S/C11H17N3/c1-5-9(6-2)12-11-8-14(4)13-10(11)7-3/h1,8-9,12H,6-7H2,2-4H3. The van der Waals surface area contributed by atoms with Crippen molar-refractivity contribution in [2.24, 2.45) is 7.05 Å². The highest BCUT2D eigenvalue weighted by Crippen LogP contribution is 2.15. The van der Waals surface area contributed by atoms with Crippen molar-refractivity contribution in [1.29, 1.82) is 0 Å². The van der Waals surface area contributed by atoms with Gasteiger partial charge in [0.15, 0.2) is 0 Å². The maximum atomic E-state index is 5.39. The molecular formula is C11H17N3. The summed E-state index contributed by atoms with van der Waals surface area (Å²) in [6.07, 6.45) is 9.21. The van der Waals surface area contributed by atoms with Crippen molar-refractivity contribution < 1.29 is 0 Å². The molecule has 1 aromatic rings. The molecule has 0 aliphatic rings. The first-order valence-corrected chi connectivity index (χ1v) is 4.96. The molecule has 0 radical (unpaired) electrons. The Bertz CT molecular complexity index is 333. The Morgan fingerprint density at radius 3 is 2.86 bits per heavy atom. The summed E-state index contributed by atoms with van der Waals surface area (Å²) >= 11 is 0. The molecule has 0 aliphatic carbocycles. The SMILES string of the molecule is C#CC(CC)Nc1cn(C)nc1CC. The minimum Gasteiger partial charge on any atom is -0.369 e. The fraction of sp³-hybridized carbons (Fsp3) is 0.545. The van der Waals surface area contributed by atoms with Crippen LogP contribution < -0.4 is 5.32 Å². The summed E-state index contributed by atoms with van der Waals surface area (Å²) in [7, 11) is 1.92. The zero-order chi connectivity index (χ0) is 10.6. The van der Waals surface area contributed by atoms with E-state index in [1.165, 1.54) is 0 Å². The van der Waals surface area contributed by atoms with Crippen LogP contribution in [0.15, 0.2) is 6.20 Å². The summed E-state index contributed by atoms with van der Waals surface area (Å²) in [6.45, 7) is 4.16. The molecule has 3 nitrogen and oxygen atoms in total. The minimum atomic E-state index is 0.101. The van der Waals surface area contributed by atoms with E-state index in [2.05, 4.69) is 30.2 Å². The molecule has 76 valence electrons. The summed E-state index contributed by atoms with van der Waals surface area (Å²) in [5, 5.41) is 7.64. The molecule has 1 N–H and O–H groups in total. The van der Waals surface area contributed by atoms with Gasteiger partial charge in [-0.15, -0.1) is 6.42 Å². The summed E-state index contributed by atoms with van der Waals surface area (Å²) in [5.74, 6) is 2.71. The molecule has 0 saturated carbocycles. The van der Waals surface area contributed by atoms with Crippen LogP contribution in [0.1, 0.15) is 26.0 Å². The first kappa shape index (κ1) is 10.6. The maximum absolute atomic E-state index is 5.39. The lowest BCUT2D eigenvalue weighted by atomic mass is 10.2. The van der Waals surface area contributed by atoms with Gasteiger partial charge < -0.3 is 5.32 Å². The van der Waals surface area contributed by atoms with Gasteiger partial charge in [0, 0.05) is 13.2 Å². The molecule has 1 unspecified atom stereocenters. The largest absolute Gasteiger partial charge is 0.369 e. The fourth-order valence-electron chi connectivity index (χ4n) is 1.37. The van der Waals surface area contributed by atoms with E-state index in [4.69, 9.17) is 6.42 Å². The molecule has 14 heavy (non-hydrogen) atoms. The number of aromatic nitrogens is 2. The summed E-state index contributed by atoms with van der Waals surface area (Å²) in [6, 6.07) is 0.101. The zero-order valence-electron chi connectivity index (χ0n) is 9.04. The van der Waals surface area contributed by atoms with E-state index in [9.17, 15) is 0 Å². The highest BCUT2D eigenvalue weighted by molar-refractivity contribution is 5.48. The second kappa shape index (κ2) is 4.71. The molecule has 1 aromatic heterocycles. The normalized spacial score (nSPS) is 12.1. The minimum absolute atomic E-state index is 0.101. The Balaban J connectivity index is 2.80. The van der Waals surface area contributed by atoms with Crippen LogP contribution in [-0.4, -0.2) is 15.8 Å². The van der Waals surface area contributed by atoms with Gasteiger partial charge in [-0.2, -0.15) is 5.10 Å². The van der Waals surface area contributed by atoms with E-state index in [1.54, 1.807) is 0 Å². The van der Waals surface area contributed by atoms with Gasteiger partial charge in [0.2, 0.25) is 0 Å². The van der Waals surface area contributed by atoms with Crippen LogP contribution >= 0.6 is 0 Å². The van der Waals surface area contributed by atoms with E-state index in [0.717, 1.165) is 24.2 Å². The molecular weight excluding hydrogens is 174 g/mol. The van der Waals surface area contributed by atoms with Gasteiger partial charge in [-0.1, -0.05) is 19.8 Å². The van der Waals surface area contributed by atoms with Gasteiger partial charge in [-0.25, -0.2) is 0 Å². The Morgan fingerprint density at radius 1 is 1.64 bits per heavy atom. The van der Waals surface area contributed by atoms with Gasteiger partial charge in [0.25, 0.3) is 0 Å². The van der Waals surface area contributed by atoms with E-state index in [-0.39, 0.29) is 6.04 Å². The van der Waals surface area contributed by atoms with E-state index < -0.39 is 0 Å². The highest BCUT2D eigenvalue weighted by Gasteiger charge is 2.08. The molecule has 0 fully saturated rings. The molecule has 3 heteroatoms. The maximum Gasteiger partial charge on any atom is 0.0872 e. The lowest BCUT2D eigenvalue weighted by molar-refractivity contribution is 0.746. The van der Waals surface area contributed by atoms with Gasteiger partial charge in [0.05, 0.1) is 17.4 Å². The number of hydrogen-bond acceptors (Lipinski definition) is 2. The van der Waals surface area contributed by atoms with Crippen LogP contribution in [0.3, 0.4) is 0 Å². The van der Waals surface area contributed by atoms with Gasteiger partial charge in [0.1, 0.15) is 0 Å². The Labute approximate surface area is 85.5 Å². The van der Waals surface area contributed by atoms with Crippen LogP contribution in [0.25, 0.3) is 0 Å². The number of nitrogens with one attached hydrogen (secondary N) is 1. The third-order valence-electron chi connectivity index (χ3n) is 2.18. The average molecular weight is 191 g/mol. The summed E-state index contributed by atoms with van der Waals surface area (Å²) < 4.78 is 1.81. The molecule has 0 aromatic carbocycles. The van der Waals surface area contributed by atoms with Crippen molar-refractivity contribution in [2.75, 3.05) is 5.32 Å². The van der Waals surface area contributed by atoms with Crippen molar-refractivity contribution in [3.63, 3.8) is 0 Å². The number of hydrogen-bond donors (Lipinski definition) is 1. The van der Waals surface area contributed by atoms with Crippen molar-refractivity contribution >= 4 is 5.69 Å². The second-order valence-electron chi connectivity index (χ2n) is 3.29. The number of nitrogens with zero attached hydrogens (tertiary/aromatic N) is 2.